The highest BCUT2D eigenvalue weighted by molar-refractivity contribution is 7.17. The van der Waals surface area contributed by atoms with Crippen molar-refractivity contribution in [1.82, 2.24) is 0 Å². The van der Waals surface area contributed by atoms with Crippen LogP contribution in [0.5, 0.6) is 0 Å². The average molecular weight is 103 g/mol. The fourth-order valence-corrected chi connectivity index (χ4v) is 0. The summed E-state index contributed by atoms with van der Waals surface area (Å²) in [6.07, 6.45) is 0. The summed E-state index contributed by atoms with van der Waals surface area (Å²) in [5.41, 5.74) is 0.685. The summed E-state index contributed by atoms with van der Waals surface area (Å²) in [5.74, 6) is 1.47. The zero-order valence-electron chi connectivity index (χ0n) is 4.65. The maximum Gasteiger partial charge on any atom is 0.109 e. The van der Waals surface area contributed by atoms with E-state index in [-0.39, 0.29) is 0 Å². The standard InChI is InChI=1S/C5H12P/c1-4(2)5(3)6/h5H,6H2,1-3H3/q+1. The second-order valence-electron chi connectivity index (χ2n) is 1.87. The van der Waals surface area contributed by atoms with Crippen LogP contribution >= 0.6 is 9.24 Å². The van der Waals surface area contributed by atoms with Crippen molar-refractivity contribution in [2.75, 3.05) is 0 Å². The predicted molar refractivity (Wildman–Crippen MR) is 33.8 cm³/mol. The summed E-state index contributed by atoms with van der Waals surface area (Å²) >= 11 is 0. The second kappa shape index (κ2) is 2.47. The quantitative estimate of drug-likeness (QED) is 0.351. The predicted octanol–water partition coefficient (Wildman–Crippen LogP) is 1.86. The minimum Gasteiger partial charge on any atom is -0.0861 e. The van der Waals surface area contributed by atoms with Gasteiger partial charge in [-0.2, -0.15) is 0 Å². The van der Waals surface area contributed by atoms with E-state index in [0.717, 1.165) is 0 Å². The van der Waals surface area contributed by atoms with Crippen molar-refractivity contribution in [3.8, 4) is 0 Å². The van der Waals surface area contributed by atoms with E-state index in [4.69, 9.17) is 0 Å². The molecule has 0 saturated carbocycles. The lowest BCUT2D eigenvalue weighted by molar-refractivity contribution is 0.943. The van der Waals surface area contributed by atoms with Gasteiger partial charge in [0.15, 0.2) is 0 Å². The molecule has 0 aliphatic rings. The minimum atomic E-state index is 0.685. The van der Waals surface area contributed by atoms with Crippen LogP contribution in [0.3, 0.4) is 0 Å². The molecule has 0 spiro atoms. The smallest absolute Gasteiger partial charge is 0.0861 e. The van der Waals surface area contributed by atoms with Crippen LogP contribution in [-0.4, -0.2) is 5.66 Å². The first-order valence-electron chi connectivity index (χ1n) is 2.20. The lowest BCUT2D eigenvalue weighted by atomic mass is 10.2. The van der Waals surface area contributed by atoms with Crippen molar-refractivity contribution in [2.45, 2.75) is 26.4 Å². The van der Waals surface area contributed by atoms with Crippen LogP contribution in [-0.2, 0) is 0 Å². The van der Waals surface area contributed by atoms with Gasteiger partial charge in [-0.15, -0.1) is 0 Å². The van der Waals surface area contributed by atoms with E-state index in [2.05, 4.69) is 30.0 Å². The van der Waals surface area contributed by atoms with Gasteiger partial charge in [-0.05, 0) is 6.92 Å². The molecule has 0 amide bonds. The van der Waals surface area contributed by atoms with Crippen LogP contribution in [0.2, 0.25) is 0 Å². The fraction of sp³-hybridized carbons (Fsp3) is 0.800. The van der Waals surface area contributed by atoms with Crippen LogP contribution in [0.1, 0.15) is 20.8 Å². The van der Waals surface area contributed by atoms with Crippen LogP contribution in [0, 0.1) is 5.92 Å². The Kier molecular flexibility index (Phi) is 2.59. The molecule has 0 radical (unpaired) electrons. The van der Waals surface area contributed by atoms with Crippen LogP contribution in [0.4, 0.5) is 0 Å². The van der Waals surface area contributed by atoms with Crippen LogP contribution < -0.4 is 0 Å². The van der Waals surface area contributed by atoms with Gasteiger partial charge < -0.3 is 0 Å². The molecule has 0 aromatic carbocycles. The molecule has 0 aromatic heterocycles. The largest absolute Gasteiger partial charge is 0.109 e. The molecule has 0 aliphatic carbocycles. The second-order valence-corrected chi connectivity index (χ2v) is 2.87. The molecular formula is C5H12P+. The SMILES string of the molecule is C[C+](C)C(C)P. The fourth-order valence-electron chi connectivity index (χ4n) is 0. The molecule has 0 aliphatic heterocycles. The highest BCUT2D eigenvalue weighted by Gasteiger charge is 2.07. The summed E-state index contributed by atoms with van der Waals surface area (Å²) in [7, 11) is 2.74. The molecule has 0 bridgehead atoms. The van der Waals surface area contributed by atoms with E-state index >= 15 is 0 Å². The Bertz CT molecular complexity index is 24.9. The van der Waals surface area contributed by atoms with Crippen molar-refractivity contribution in [3.05, 3.63) is 5.92 Å². The van der Waals surface area contributed by atoms with E-state index in [1.165, 1.54) is 5.92 Å². The van der Waals surface area contributed by atoms with Crippen molar-refractivity contribution in [1.29, 1.82) is 0 Å². The molecular weight excluding hydrogens is 91.0 g/mol. The topological polar surface area (TPSA) is 0 Å². The molecule has 0 rings (SSSR count). The van der Waals surface area contributed by atoms with Crippen molar-refractivity contribution >= 4 is 9.24 Å². The van der Waals surface area contributed by atoms with Gasteiger partial charge in [0.25, 0.3) is 0 Å². The third kappa shape index (κ3) is 2.53. The van der Waals surface area contributed by atoms with Gasteiger partial charge in [-0.3, -0.25) is 0 Å². The lowest BCUT2D eigenvalue weighted by Gasteiger charge is -1.93. The molecule has 0 heterocycles. The Morgan fingerprint density at radius 2 is 1.67 bits per heavy atom. The highest BCUT2D eigenvalue weighted by Crippen LogP contribution is 2.11. The molecule has 0 aromatic rings. The molecule has 1 heteroatoms. The van der Waals surface area contributed by atoms with Gasteiger partial charge in [0.05, 0.1) is 19.8 Å². The van der Waals surface area contributed by atoms with E-state index in [0.29, 0.717) is 5.66 Å². The molecule has 0 fully saturated rings. The monoisotopic (exact) mass is 103 g/mol. The number of hydrogen-bond acceptors (Lipinski definition) is 0. The van der Waals surface area contributed by atoms with E-state index in [1.807, 2.05) is 0 Å². The minimum absolute atomic E-state index is 0.685. The Labute approximate surface area is 42.5 Å². The molecule has 2 atom stereocenters. The molecule has 36 valence electrons. The Morgan fingerprint density at radius 1 is 1.50 bits per heavy atom. The molecule has 0 nitrogen and oxygen atoms in total. The lowest BCUT2D eigenvalue weighted by Crippen LogP contribution is -1.96. The van der Waals surface area contributed by atoms with Crippen LogP contribution in [0.15, 0.2) is 0 Å². The maximum absolute atomic E-state index is 2.74. The summed E-state index contributed by atoms with van der Waals surface area (Å²) in [6, 6.07) is 0. The van der Waals surface area contributed by atoms with Crippen LogP contribution in [0.25, 0.3) is 0 Å². The van der Waals surface area contributed by atoms with Gasteiger partial charge in [0.2, 0.25) is 0 Å². The first-order valence-corrected chi connectivity index (χ1v) is 2.87. The summed E-state index contributed by atoms with van der Waals surface area (Å²) < 4.78 is 0. The Hall–Kier alpha value is 0.300. The Morgan fingerprint density at radius 3 is 1.67 bits per heavy atom. The maximum atomic E-state index is 2.74. The van der Waals surface area contributed by atoms with Gasteiger partial charge in [-0.25, -0.2) is 0 Å². The molecule has 6 heavy (non-hydrogen) atoms. The van der Waals surface area contributed by atoms with Gasteiger partial charge in [0, 0.05) is 0 Å². The van der Waals surface area contributed by atoms with Crippen molar-refractivity contribution < 1.29 is 0 Å². The zero-order chi connectivity index (χ0) is 5.15. The molecule has 2 unspecified atom stereocenters. The number of hydrogen-bond donors (Lipinski definition) is 0. The van der Waals surface area contributed by atoms with Gasteiger partial charge in [0.1, 0.15) is 5.66 Å². The van der Waals surface area contributed by atoms with Crippen molar-refractivity contribution in [3.63, 3.8) is 0 Å². The van der Waals surface area contributed by atoms with Crippen molar-refractivity contribution in [2.24, 2.45) is 0 Å². The molecule has 0 N–H and O–H groups in total. The first-order chi connectivity index (χ1) is 2.64. The van der Waals surface area contributed by atoms with E-state index < -0.39 is 0 Å². The Balaban J connectivity index is 2.99. The zero-order valence-corrected chi connectivity index (χ0v) is 5.81. The van der Waals surface area contributed by atoms with Gasteiger partial charge >= 0.3 is 0 Å². The summed E-state index contributed by atoms with van der Waals surface area (Å²) in [4.78, 5) is 0. The van der Waals surface area contributed by atoms with Gasteiger partial charge in [-0.1, -0.05) is 9.24 Å². The highest BCUT2D eigenvalue weighted by atomic mass is 31.0. The van der Waals surface area contributed by atoms with E-state index in [9.17, 15) is 0 Å². The third-order valence-corrected chi connectivity index (χ3v) is 1.58. The average Bonchev–Trinajstić information content (AvgIpc) is 1.36. The number of rotatable bonds is 1. The summed E-state index contributed by atoms with van der Waals surface area (Å²) in [6.45, 7) is 6.44. The third-order valence-electron chi connectivity index (χ3n) is 0.911. The van der Waals surface area contributed by atoms with E-state index in [1.54, 1.807) is 0 Å². The first kappa shape index (κ1) is 6.30. The normalized spacial score (nSPS) is 14.0. The summed E-state index contributed by atoms with van der Waals surface area (Å²) in [5, 5.41) is 0. The molecule has 0 saturated heterocycles.